The Hall–Kier alpha value is -1.07. The van der Waals surface area contributed by atoms with Crippen molar-refractivity contribution in [1.82, 2.24) is 10.2 Å². The Labute approximate surface area is 118 Å². The molecule has 0 saturated carbocycles. The zero-order valence-corrected chi connectivity index (χ0v) is 11.5. The number of alkyl halides is 3. The number of likely N-dealkylation sites (tertiary alicyclic amines) is 1. The highest BCUT2D eigenvalue weighted by Crippen LogP contribution is 2.15. The Balaban J connectivity index is 1.77. The second kappa shape index (κ2) is 7.09. The van der Waals surface area contributed by atoms with E-state index in [2.05, 4.69) is 10.2 Å². The Morgan fingerprint density at radius 1 is 0.950 bits per heavy atom. The standard InChI is InChI=1S/C15H21F3N2/c16-15(17,18)12-19-10-13-4-6-14(7-5-13)11-20-8-2-1-3-9-20/h4-7,19H,1-3,8-12H2. The van der Waals surface area contributed by atoms with Crippen LogP contribution in [0.2, 0.25) is 0 Å². The molecule has 0 aliphatic carbocycles. The minimum atomic E-state index is -4.14. The number of hydrogen-bond donors (Lipinski definition) is 1. The van der Waals surface area contributed by atoms with Gasteiger partial charge in [-0.05, 0) is 37.1 Å². The zero-order valence-electron chi connectivity index (χ0n) is 11.5. The lowest BCUT2D eigenvalue weighted by Gasteiger charge is -2.26. The number of benzene rings is 1. The zero-order chi connectivity index (χ0) is 14.4. The van der Waals surface area contributed by atoms with Crippen LogP contribution in [0.3, 0.4) is 0 Å². The summed E-state index contributed by atoms with van der Waals surface area (Å²) in [5.41, 5.74) is 2.11. The quantitative estimate of drug-likeness (QED) is 0.893. The van der Waals surface area contributed by atoms with E-state index in [-0.39, 0.29) is 6.54 Å². The van der Waals surface area contributed by atoms with E-state index in [1.165, 1.54) is 24.8 Å². The van der Waals surface area contributed by atoms with Crippen LogP contribution < -0.4 is 5.32 Å². The number of nitrogens with zero attached hydrogens (tertiary/aromatic N) is 1. The maximum Gasteiger partial charge on any atom is 0.401 e. The molecule has 0 radical (unpaired) electrons. The number of halogens is 3. The number of nitrogens with one attached hydrogen (secondary N) is 1. The number of rotatable bonds is 5. The molecule has 1 heterocycles. The first kappa shape index (κ1) is 15.3. The highest BCUT2D eigenvalue weighted by Gasteiger charge is 2.25. The maximum atomic E-state index is 12.0. The summed E-state index contributed by atoms with van der Waals surface area (Å²) in [6.07, 6.45) is -0.298. The van der Waals surface area contributed by atoms with E-state index < -0.39 is 12.7 Å². The fraction of sp³-hybridized carbons (Fsp3) is 0.600. The largest absolute Gasteiger partial charge is 0.401 e. The van der Waals surface area contributed by atoms with Crippen LogP contribution in [0.4, 0.5) is 13.2 Å². The van der Waals surface area contributed by atoms with Crippen molar-refractivity contribution in [2.75, 3.05) is 19.6 Å². The average Bonchev–Trinajstić information content (AvgIpc) is 2.41. The highest BCUT2D eigenvalue weighted by molar-refractivity contribution is 5.22. The molecule has 0 spiro atoms. The van der Waals surface area contributed by atoms with Crippen molar-refractivity contribution in [2.24, 2.45) is 0 Å². The molecule has 1 aromatic rings. The first-order valence-electron chi connectivity index (χ1n) is 7.10. The molecular weight excluding hydrogens is 265 g/mol. The predicted octanol–water partition coefficient (Wildman–Crippen LogP) is 3.32. The van der Waals surface area contributed by atoms with E-state index in [1.807, 2.05) is 24.3 Å². The van der Waals surface area contributed by atoms with Crippen LogP contribution in [-0.4, -0.2) is 30.7 Å². The van der Waals surface area contributed by atoms with Gasteiger partial charge in [0.1, 0.15) is 0 Å². The molecular formula is C15H21F3N2. The fourth-order valence-corrected chi connectivity index (χ4v) is 2.49. The molecule has 0 unspecified atom stereocenters. The molecule has 1 fully saturated rings. The maximum absolute atomic E-state index is 12.0. The summed E-state index contributed by atoms with van der Waals surface area (Å²) in [4.78, 5) is 2.43. The van der Waals surface area contributed by atoms with Gasteiger partial charge in [-0.3, -0.25) is 4.90 Å². The first-order chi connectivity index (χ1) is 9.53. The van der Waals surface area contributed by atoms with E-state index in [4.69, 9.17) is 0 Å². The van der Waals surface area contributed by atoms with E-state index >= 15 is 0 Å². The Bertz CT molecular complexity index is 395. The number of hydrogen-bond acceptors (Lipinski definition) is 2. The van der Waals surface area contributed by atoms with Gasteiger partial charge in [0, 0.05) is 13.1 Å². The summed E-state index contributed by atoms with van der Waals surface area (Å²) >= 11 is 0. The number of piperidine rings is 1. The molecule has 0 atom stereocenters. The summed E-state index contributed by atoms with van der Waals surface area (Å²) in [6.45, 7) is 2.55. The topological polar surface area (TPSA) is 15.3 Å². The fourth-order valence-electron chi connectivity index (χ4n) is 2.49. The van der Waals surface area contributed by atoms with Gasteiger partial charge < -0.3 is 5.32 Å². The Kier molecular flexibility index (Phi) is 5.43. The van der Waals surface area contributed by atoms with Crippen molar-refractivity contribution in [2.45, 2.75) is 38.5 Å². The van der Waals surface area contributed by atoms with Crippen LogP contribution in [-0.2, 0) is 13.1 Å². The third-order valence-electron chi connectivity index (χ3n) is 3.53. The van der Waals surface area contributed by atoms with Crippen molar-refractivity contribution < 1.29 is 13.2 Å². The highest BCUT2D eigenvalue weighted by atomic mass is 19.4. The van der Waals surface area contributed by atoms with E-state index in [9.17, 15) is 13.2 Å². The molecule has 1 saturated heterocycles. The Morgan fingerprint density at radius 3 is 2.15 bits per heavy atom. The minimum Gasteiger partial charge on any atom is -0.305 e. The second-order valence-electron chi connectivity index (χ2n) is 5.37. The normalized spacial score (nSPS) is 17.4. The molecule has 2 nitrogen and oxygen atoms in total. The van der Waals surface area contributed by atoms with Crippen LogP contribution in [0.25, 0.3) is 0 Å². The third-order valence-corrected chi connectivity index (χ3v) is 3.53. The predicted molar refractivity (Wildman–Crippen MR) is 73.3 cm³/mol. The third kappa shape index (κ3) is 5.51. The molecule has 0 aromatic heterocycles. The smallest absolute Gasteiger partial charge is 0.305 e. The lowest BCUT2D eigenvalue weighted by molar-refractivity contribution is -0.125. The minimum absolute atomic E-state index is 0.253. The van der Waals surface area contributed by atoms with Crippen molar-refractivity contribution in [3.63, 3.8) is 0 Å². The van der Waals surface area contributed by atoms with Gasteiger partial charge in [0.2, 0.25) is 0 Å². The van der Waals surface area contributed by atoms with Crippen molar-refractivity contribution in [1.29, 1.82) is 0 Å². The first-order valence-corrected chi connectivity index (χ1v) is 7.10. The SMILES string of the molecule is FC(F)(F)CNCc1ccc(CN2CCCCC2)cc1. The molecule has 1 N–H and O–H groups in total. The van der Waals surface area contributed by atoms with Crippen LogP contribution >= 0.6 is 0 Å². The van der Waals surface area contributed by atoms with E-state index in [0.29, 0.717) is 0 Å². The Morgan fingerprint density at radius 2 is 1.55 bits per heavy atom. The average molecular weight is 286 g/mol. The molecule has 20 heavy (non-hydrogen) atoms. The summed E-state index contributed by atoms with van der Waals surface area (Å²) in [5.74, 6) is 0. The molecule has 1 aromatic carbocycles. The summed E-state index contributed by atoms with van der Waals surface area (Å²) in [6, 6.07) is 7.84. The molecule has 0 bridgehead atoms. The van der Waals surface area contributed by atoms with Crippen molar-refractivity contribution in [3.05, 3.63) is 35.4 Å². The lowest BCUT2D eigenvalue weighted by atomic mass is 10.1. The van der Waals surface area contributed by atoms with Crippen molar-refractivity contribution in [3.8, 4) is 0 Å². The van der Waals surface area contributed by atoms with Crippen LogP contribution in [0.5, 0.6) is 0 Å². The summed E-state index contributed by atoms with van der Waals surface area (Å²) in [7, 11) is 0. The van der Waals surface area contributed by atoms with Gasteiger partial charge in [0.25, 0.3) is 0 Å². The molecule has 1 aliphatic heterocycles. The van der Waals surface area contributed by atoms with Crippen LogP contribution in [0.1, 0.15) is 30.4 Å². The van der Waals surface area contributed by atoms with Crippen LogP contribution in [0, 0.1) is 0 Å². The summed E-state index contributed by atoms with van der Waals surface area (Å²) in [5, 5.41) is 2.41. The van der Waals surface area contributed by atoms with Crippen molar-refractivity contribution >= 4 is 0 Å². The molecule has 1 aliphatic rings. The van der Waals surface area contributed by atoms with E-state index in [1.54, 1.807) is 0 Å². The van der Waals surface area contributed by atoms with Gasteiger partial charge in [0.15, 0.2) is 0 Å². The van der Waals surface area contributed by atoms with E-state index in [0.717, 1.165) is 25.2 Å². The van der Waals surface area contributed by atoms with Gasteiger partial charge in [-0.2, -0.15) is 13.2 Å². The van der Waals surface area contributed by atoms with Gasteiger partial charge in [0.05, 0.1) is 6.54 Å². The van der Waals surface area contributed by atoms with Gasteiger partial charge in [-0.15, -0.1) is 0 Å². The summed E-state index contributed by atoms with van der Waals surface area (Å²) < 4.78 is 36.0. The molecule has 0 amide bonds. The van der Waals surface area contributed by atoms with Gasteiger partial charge >= 0.3 is 6.18 Å². The second-order valence-corrected chi connectivity index (χ2v) is 5.37. The molecule has 112 valence electrons. The lowest BCUT2D eigenvalue weighted by Crippen LogP contribution is -2.29. The monoisotopic (exact) mass is 286 g/mol. The van der Waals surface area contributed by atoms with Gasteiger partial charge in [-0.25, -0.2) is 0 Å². The molecule has 5 heteroatoms. The van der Waals surface area contributed by atoms with Gasteiger partial charge in [-0.1, -0.05) is 30.7 Å². The van der Waals surface area contributed by atoms with Crippen LogP contribution in [0.15, 0.2) is 24.3 Å². The molecule has 2 rings (SSSR count).